The highest BCUT2D eigenvalue weighted by atomic mass is 35.5. The highest BCUT2D eigenvalue weighted by Crippen LogP contribution is 2.44. The van der Waals surface area contributed by atoms with Gasteiger partial charge in [0, 0.05) is 36.9 Å². The summed E-state index contributed by atoms with van der Waals surface area (Å²) in [5, 5.41) is 3.82. The zero-order chi connectivity index (χ0) is 19.4. The molecule has 28 heavy (non-hydrogen) atoms. The van der Waals surface area contributed by atoms with E-state index in [0.717, 1.165) is 37.2 Å². The van der Waals surface area contributed by atoms with Crippen molar-refractivity contribution in [3.63, 3.8) is 0 Å². The van der Waals surface area contributed by atoms with Gasteiger partial charge in [0.2, 0.25) is 5.91 Å². The number of rotatable bonds is 7. The third-order valence-corrected chi connectivity index (χ3v) is 5.89. The predicted octanol–water partition coefficient (Wildman–Crippen LogP) is 4.37. The van der Waals surface area contributed by atoms with Crippen LogP contribution in [0.5, 0.6) is 0 Å². The molecule has 0 saturated heterocycles. The number of imidazole rings is 1. The van der Waals surface area contributed by atoms with E-state index >= 15 is 0 Å². The number of nitrogens with one attached hydrogen (secondary N) is 1. The van der Waals surface area contributed by atoms with Crippen molar-refractivity contribution in [2.24, 2.45) is 0 Å². The van der Waals surface area contributed by atoms with Gasteiger partial charge in [-0.3, -0.25) is 4.79 Å². The second-order valence-electron chi connectivity index (χ2n) is 7.41. The molecule has 0 aliphatic heterocycles. The van der Waals surface area contributed by atoms with Gasteiger partial charge in [-0.25, -0.2) is 4.98 Å². The molecule has 0 radical (unpaired) electrons. The highest BCUT2D eigenvalue weighted by molar-refractivity contribution is 6.30. The van der Waals surface area contributed by atoms with Crippen LogP contribution in [0.1, 0.15) is 36.2 Å². The van der Waals surface area contributed by atoms with Gasteiger partial charge in [0.1, 0.15) is 5.82 Å². The number of amides is 1. The van der Waals surface area contributed by atoms with Gasteiger partial charge in [-0.2, -0.15) is 0 Å². The van der Waals surface area contributed by atoms with Crippen LogP contribution in [0.25, 0.3) is 0 Å². The van der Waals surface area contributed by atoms with E-state index in [1.807, 2.05) is 54.9 Å². The maximum Gasteiger partial charge on any atom is 0.230 e. The standard InChI is InChI=1S/C23H24ClN3O/c24-20-9-4-8-19(16-20)23(11-5-12-23)22(28)26-13-10-21-25-14-15-27(21)17-18-6-2-1-3-7-18/h1-4,6-9,14-16H,5,10-13,17H2,(H,26,28). The van der Waals surface area contributed by atoms with Gasteiger partial charge in [-0.05, 0) is 36.1 Å². The molecule has 1 aliphatic carbocycles. The van der Waals surface area contributed by atoms with E-state index in [9.17, 15) is 4.79 Å². The minimum Gasteiger partial charge on any atom is -0.355 e. The van der Waals surface area contributed by atoms with Crippen molar-refractivity contribution in [3.05, 3.63) is 89.0 Å². The monoisotopic (exact) mass is 393 g/mol. The lowest BCUT2D eigenvalue weighted by Gasteiger charge is -2.40. The Labute approximate surface area is 170 Å². The Morgan fingerprint density at radius 3 is 2.68 bits per heavy atom. The number of hydrogen-bond acceptors (Lipinski definition) is 2. The largest absolute Gasteiger partial charge is 0.355 e. The van der Waals surface area contributed by atoms with E-state index < -0.39 is 5.41 Å². The molecule has 1 aliphatic rings. The smallest absolute Gasteiger partial charge is 0.230 e. The van der Waals surface area contributed by atoms with Crippen LogP contribution in [-0.4, -0.2) is 22.0 Å². The van der Waals surface area contributed by atoms with Gasteiger partial charge < -0.3 is 9.88 Å². The SMILES string of the molecule is O=C(NCCc1nccn1Cc1ccccc1)C1(c2cccc(Cl)c2)CCC1. The van der Waals surface area contributed by atoms with Crippen LogP contribution in [0.15, 0.2) is 67.0 Å². The number of halogens is 1. The van der Waals surface area contributed by atoms with E-state index in [-0.39, 0.29) is 5.91 Å². The topological polar surface area (TPSA) is 46.9 Å². The molecule has 2 aromatic carbocycles. The van der Waals surface area contributed by atoms with Crippen molar-refractivity contribution in [2.75, 3.05) is 6.54 Å². The third-order valence-electron chi connectivity index (χ3n) is 5.65. The van der Waals surface area contributed by atoms with Gasteiger partial charge >= 0.3 is 0 Å². The fourth-order valence-electron chi connectivity index (χ4n) is 3.91. The van der Waals surface area contributed by atoms with Crippen LogP contribution in [0, 0.1) is 0 Å². The fraction of sp³-hybridized carbons (Fsp3) is 0.304. The Kier molecular flexibility index (Phi) is 5.49. The second kappa shape index (κ2) is 8.19. The minimum absolute atomic E-state index is 0.0992. The number of hydrogen-bond donors (Lipinski definition) is 1. The van der Waals surface area contributed by atoms with Crippen molar-refractivity contribution < 1.29 is 4.79 Å². The summed E-state index contributed by atoms with van der Waals surface area (Å²) in [7, 11) is 0. The van der Waals surface area contributed by atoms with Crippen LogP contribution >= 0.6 is 11.6 Å². The molecule has 0 unspecified atom stereocenters. The third kappa shape index (κ3) is 3.83. The fourth-order valence-corrected chi connectivity index (χ4v) is 4.10. The molecule has 144 valence electrons. The van der Waals surface area contributed by atoms with Crippen LogP contribution in [0.2, 0.25) is 5.02 Å². The lowest BCUT2D eigenvalue weighted by atomic mass is 9.64. The number of benzene rings is 2. The second-order valence-corrected chi connectivity index (χ2v) is 7.85. The molecule has 1 N–H and O–H groups in total. The summed E-state index contributed by atoms with van der Waals surface area (Å²) in [5.74, 6) is 1.08. The van der Waals surface area contributed by atoms with E-state index in [0.29, 0.717) is 18.0 Å². The number of nitrogens with zero attached hydrogens (tertiary/aromatic N) is 2. The lowest BCUT2D eigenvalue weighted by molar-refractivity contribution is -0.129. The Morgan fingerprint density at radius 2 is 1.96 bits per heavy atom. The first-order chi connectivity index (χ1) is 13.7. The number of carbonyl (C=O) groups excluding carboxylic acids is 1. The summed E-state index contributed by atoms with van der Waals surface area (Å²) in [6.45, 7) is 1.36. The molecular weight excluding hydrogens is 370 g/mol. The Hall–Kier alpha value is -2.59. The molecule has 1 saturated carbocycles. The molecule has 0 atom stereocenters. The Morgan fingerprint density at radius 1 is 1.14 bits per heavy atom. The average molecular weight is 394 g/mol. The molecular formula is C23H24ClN3O. The number of aromatic nitrogens is 2. The molecule has 1 aromatic heterocycles. The molecule has 0 bridgehead atoms. The highest BCUT2D eigenvalue weighted by Gasteiger charge is 2.45. The van der Waals surface area contributed by atoms with Crippen LogP contribution in [0.4, 0.5) is 0 Å². The summed E-state index contributed by atoms with van der Waals surface area (Å²) < 4.78 is 2.14. The van der Waals surface area contributed by atoms with Gasteiger partial charge in [-0.1, -0.05) is 60.5 Å². The van der Waals surface area contributed by atoms with Gasteiger partial charge in [0.15, 0.2) is 0 Å². The minimum atomic E-state index is -0.426. The quantitative estimate of drug-likeness (QED) is 0.648. The van der Waals surface area contributed by atoms with Crippen LogP contribution in [0.3, 0.4) is 0 Å². The number of carbonyl (C=O) groups is 1. The molecule has 3 aromatic rings. The van der Waals surface area contributed by atoms with Gasteiger partial charge in [0.05, 0.1) is 5.41 Å². The average Bonchev–Trinajstić information content (AvgIpc) is 3.09. The van der Waals surface area contributed by atoms with Crippen molar-refractivity contribution in [1.82, 2.24) is 14.9 Å². The summed E-state index contributed by atoms with van der Waals surface area (Å²) in [5.41, 5.74) is 1.83. The van der Waals surface area contributed by atoms with E-state index in [4.69, 9.17) is 11.6 Å². The van der Waals surface area contributed by atoms with E-state index in [1.165, 1.54) is 5.56 Å². The predicted molar refractivity (Wildman–Crippen MR) is 111 cm³/mol. The Bertz CT molecular complexity index is 947. The van der Waals surface area contributed by atoms with E-state index in [1.54, 1.807) is 0 Å². The summed E-state index contributed by atoms with van der Waals surface area (Å²) in [6.07, 6.45) is 7.34. The van der Waals surface area contributed by atoms with Crippen molar-refractivity contribution >= 4 is 17.5 Å². The van der Waals surface area contributed by atoms with Crippen molar-refractivity contribution in [2.45, 2.75) is 37.6 Å². The van der Waals surface area contributed by atoms with Crippen LogP contribution in [-0.2, 0) is 23.2 Å². The molecule has 0 spiro atoms. The summed E-state index contributed by atoms with van der Waals surface area (Å²) in [6, 6.07) is 18.0. The first kappa shape index (κ1) is 18.8. The molecule has 4 rings (SSSR count). The van der Waals surface area contributed by atoms with Crippen LogP contribution < -0.4 is 5.32 Å². The summed E-state index contributed by atoms with van der Waals surface area (Å²) >= 11 is 6.15. The van der Waals surface area contributed by atoms with Gasteiger partial charge in [0.25, 0.3) is 0 Å². The first-order valence-corrected chi connectivity index (χ1v) is 10.1. The maximum absolute atomic E-state index is 13.0. The Balaban J connectivity index is 1.38. The maximum atomic E-state index is 13.0. The molecule has 1 fully saturated rings. The lowest BCUT2D eigenvalue weighted by Crippen LogP contribution is -2.49. The molecule has 1 amide bonds. The first-order valence-electron chi connectivity index (χ1n) is 9.76. The van der Waals surface area contributed by atoms with Crippen molar-refractivity contribution in [1.29, 1.82) is 0 Å². The zero-order valence-corrected chi connectivity index (χ0v) is 16.5. The molecule has 4 nitrogen and oxygen atoms in total. The van der Waals surface area contributed by atoms with E-state index in [2.05, 4.69) is 27.0 Å². The summed E-state index contributed by atoms with van der Waals surface area (Å²) in [4.78, 5) is 17.5. The van der Waals surface area contributed by atoms with Crippen molar-refractivity contribution in [3.8, 4) is 0 Å². The normalized spacial score (nSPS) is 15.0. The molecule has 5 heteroatoms. The zero-order valence-electron chi connectivity index (χ0n) is 15.8. The molecule has 1 heterocycles. The van der Waals surface area contributed by atoms with Gasteiger partial charge in [-0.15, -0.1) is 0 Å².